The van der Waals surface area contributed by atoms with Gasteiger partial charge in [-0.2, -0.15) is 0 Å². The third-order valence-corrected chi connectivity index (χ3v) is 6.66. The molecule has 1 unspecified atom stereocenters. The number of aromatic nitrogens is 2. The molecule has 3 aromatic rings. The molecule has 0 aliphatic heterocycles. The fourth-order valence-corrected chi connectivity index (χ4v) is 4.76. The summed E-state index contributed by atoms with van der Waals surface area (Å²) < 4.78 is 1.75. The second-order valence-electron chi connectivity index (χ2n) is 9.00. The van der Waals surface area contributed by atoms with Crippen LogP contribution in [0.3, 0.4) is 0 Å². The highest BCUT2D eigenvalue weighted by Crippen LogP contribution is 2.33. The molecular weight excluding hydrogens is 398 g/mol. The summed E-state index contributed by atoms with van der Waals surface area (Å²) in [7, 11) is 0. The number of nitrogens with zero attached hydrogens (tertiary/aromatic N) is 3. The van der Waals surface area contributed by atoms with Crippen molar-refractivity contribution < 1.29 is 4.79 Å². The van der Waals surface area contributed by atoms with Gasteiger partial charge in [0.1, 0.15) is 5.82 Å². The third-order valence-electron chi connectivity index (χ3n) is 6.66. The molecule has 4 rings (SSSR count). The van der Waals surface area contributed by atoms with Crippen molar-refractivity contribution >= 4 is 16.8 Å². The standard InChI is InChI=1S/C27H33N3O2/c1-5-16-29(26(31)20-10-9-11-20)23(6-2)25-28-22-13-8-7-12-21(22)27(32)30(25)24-15-14-18(3)17-19(24)4/h7-8,12-15,17,20,23H,5-6,9-11,16H2,1-4H3. The zero-order chi connectivity index (χ0) is 22.8. The maximum atomic E-state index is 13.8. The lowest BCUT2D eigenvalue weighted by Crippen LogP contribution is -2.43. The Morgan fingerprint density at radius 3 is 2.53 bits per heavy atom. The second-order valence-corrected chi connectivity index (χ2v) is 9.00. The highest BCUT2D eigenvalue weighted by molar-refractivity contribution is 5.81. The van der Waals surface area contributed by atoms with Gasteiger partial charge in [-0.3, -0.25) is 14.2 Å². The molecule has 2 aromatic carbocycles. The Morgan fingerprint density at radius 1 is 1.16 bits per heavy atom. The van der Waals surface area contributed by atoms with Crippen LogP contribution in [-0.2, 0) is 4.79 Å². The monoisotopic (exact) mass is 431 g/mol. The van der Waals surface area contributed by atoms with E-state index in [-0.39, 0.29) is 23.4 Å². The average molecular weight is 432 g/mol. The van der Waals surface area contributed by atoms with E-state index < -0.39 is 0 Å². The number of hydrogen-bond donors (Lipinski definition) is 0. The molecule has 32 heavy (non-hydrogen) atoms. The molecular formula is C27H33N3O2. The minimum Gasteiger partial charge on any atom is -0.332 e. The van der Waals surface area contributed by atoms with Crippen LogP contribution in [0.25, 0.3) is 16.6 Å². The van der Waals surface area contributed by atoms with E-state index in [9.17, 15) is 9.59 Å². The first kappa shape index (κ1) is 22.3. The minimum absolute atomic E-state index is 0.0801. The minimum atomic E-state index is -0.249. The SMILES string of the molecule is CCCN(C(=O)C1CCC1)C(CC)c1nc2ccccc2c(=O)n1-c1ccc(C)cc1C. The van der Waals surface area contributed by atoms with Crippen molar-refractivity contribution in [1.29, 1.82) is 0 Å². The number of carbonyl (C=O) groups is 1. The maximum absolute atomic E-state index is 13.8. The van der Waals surface area contributed by atoms with Crippen molar-refractivity contribution in [2.24, 2.45) is 5.92 Å². The Morgan fingerprint density at radius 2 is 1.91 bits per heavy atom. The Bertz CT molecular complexity index is 1190. The zero-order valence-electron chi connectivity index (χ0n) is 19.6. The number of fused-ring (bicyclic) bond motifs is 1. The van der Waals surface area contributed by atoms with Gasteiger partial charge in [0.05, 0.1) is 22.6 Å². The van der Waals surface area contributed by atoms with Gasteiger partial charge in [-0.05, 0) is 63.3 Å². The van der Waals surface area contributed by atoms with Gasteiger partial charge in [0.15, 0.2) is 0 Å². The molecule has 0 N–H and O–H groups in total. The molecule has 168 valence electrons. The van der Waals surface area contributed by atoms with Crippen LogP contribution < -0.4 is 5.56 Å². The van der Waals surface area contributed by atoms with Crippen LogP contribution in [0.4, 0.5) is 0 Å². The first-order valence-electron chi connectivity index (χ1n) is 11.9. The fraction of sp³-hybridized carbons (Fsp3) is 0.444. The molecule has 5 nitrogen and oxygen atoms in total. The smallest absolute Gasteiger partial charge is 0.266 e. The number of aryl methyl sites for hydroxylation is 2. The quantitative estimate of drug-likeness (QED) is 0.497. The molecule has 0 spiro atoms. The van der Waals surface area contributed by atoms with Crippen LogP contribution in [0.5, 0.6) is 0 Å². The van der Waals surface area contributed by atoms with Gasteiger partial charge in [0.25, 0.3) is 5.56 Å². The summed E-state index contributed by atoms with van der Waals surface area (Å²) in [6.45, 7) is 8.92. The van der Waals surface area contributed by atoms with Crippen LogP contribution >= 0.6 is 0 Å². The summed E-state index contributed by atoms with van der Waals surface area (Å²) in [6.07, 6.45) is 4.62. The normalized spacial score (nSPS) is 14.9. The first-order valence-corrected chi connectivity index (χ1v) is 11.9. The average Bonchev–Trinajstić information content (AvgIpc) is 2.73. The number of rotatable bonds is 7. The zero-order valence-corrected chi connectivity index (χ0v) is 19.6. The third kappa shape index (κ3) is 3.96. The van der Waals surface area contributed by atoms with Crippen LogP contribution in [0.15, 0.2) is 47.3 Å². The number of benzene rings is 2. The highest BCUT2D eigenvalue weighted by Gasteiger charge is 2.35. The lowest BCUT2D eigenvalue weighted by Gasteiger charge is -2.37. The van der Waals surface area contributed by atoms with Gasteiger partial charge in [0.2, 0.25) is 5.91 Å². The largest absolute Gasteiger partial charge is 0.332 e. The van der Waals surface area contributed by atoms with Crippen molar-refractivity contribution in [2.45, 2.75) is 65.8 Å². The molecule has 0 saturated heterocycles. The first-order chi connectivity index (χ1) is 15.5. The van der Waals surface area contributed by atoms with E-state index in [0.29, 0.717) is 29.7 Å². The van der Waals surface area contributed by atoms with E-state index in [1.54, 1.807) is 4.57 Å². The van der Waals surface area contributed by atoms with Crippen molar-refractivity contribution in [2.75, 3.05) is 6.54 Å². The summed E-state index contributed by atoms with van der Waals surface area (Å²) in [5, 5.41) is 0.596. The molecule has 0 radical (unpaired) electrons. The van der Waals surface area contributed by atoms with E-state index in [1.165, 1.54) is 0 Å². The number of carbonyl (C=O) groups excluding carboxylic acids is 1. The number of para-hydroxylation sites is 1. The molecule has 1 amide bonds. The van der Waals surface area contributed by atoms with E-state index in [4.69, 9.17) is 4.98 Å². The molecule has 1 aliphatic rings. The molecule has 1 aliphatic carbocycles. The van der Waals surface area contributed by atoms with Crippen LogP contribution in [0.2, 0.25) is 0 Å². The lowest BCUT2D eigenvalue weighted by molar-refractivity contribution is -0.141. The molecule has 0 bridgehead atoms. The Labute approximate surface area is 190 Å². The molecule has 1 fully saturated rings. The van der Waals surface area contributed by atoms with Crippen LogP contribution in [0.1, 0.15) is 68.9 Å². The molecule has 1 atom stereocenters. The molecule has 1 saturated carbocycles. The second kappa shape index (κ2) is 9.27. The number of amides is 1. The lowest BCUT2D eigenvalue weighted by atomic mass is 9.84. The predicted molar refractivity (Wildman–Crippen MR) is 129 cm³/mol. The van der Waals surface area contributed by atoms with E-state index in [0.717, 1.165) is 42.5 Å². The summed E-state index contributed by atoms with van der Waals surface area (Å²) in [5.41, 5.74) is 3.60. The maximum Gasteiger partial charge on any atom is 0.266 e. The Balaban J connectivity index is 1.96. The highest BCUT2D eigenvalue weighted by atomic mass is 16.2. The predicted octanol–water partition coefficient (Wildman–Crippen LogP) is 5.49. The molecule has 1 aromatic heterocycles. The summed E-state index contributed by atoms with van der Waals surface area (Å²) >= 11 is 0. The topological polar surface area (TPSA) is 55.2 Å². The van der Waals surface area contributed by atoms with Gasteiger partial charge in [0, 0.05) is 12.5 Å². The number of hydrogen-bond acceptors (Lipinski definition) is 3. The van der Waals surface area contributed by atoms with Gasteiger partial charge >= 0.3 is 0 Å². The summed E-state index contributed by atoms with van der Waals surface area (Å²) in [4.78, 5) is 34.2. The van der Waals surface area contributed by atoms with E-state index in [2.05, 4.69) is 19.9 Å². The van der Waals surface area contributed by atoms with E-state index >= 15 is 0 Å². The van der Waals surface area contributed by atoms with Gasteiger partial charge in [-0.1, -0.05) is 50.1 Å². The van der Waals surface area contributed by atoms with Gasteiger partial charge < -0.3 is 4.90 Å². The van der Waals surface area contributed by atoms with Gasteiger partial charge in [-0.15, -0.1) is 0 Å². The van der Waals surface area contributed by atoms with E-state index in [1.807, 2.05) is 55.1 Å². The fourth-order valence-electron chi connectivity index (χ4n) is 4.76. The van der Waals surface area contributed by atoms with Crippen molar-refractivity contribution in [1.82, 2.24) is 14.5 Å². The van der Waals surface area contributed by atoms with Crippen LogP contribution in [-0.4, -0.2) is 26.9 Å². The van der Waals surface area contributed by atoms with Crippen molar-refractivity contribution in [3.63, 3.8) is 0 Å². The van der Waals surface area contributed by atoms with Crippen molar-refractivity contribution in [3.8, 4) is 5.69 Å². The van der Waals surface area contributed by atoms with Gasteiger partial charge in [-0.25, -0.2) is 4.98 Å². The summed E-state index contributed by atoms with van der Waals surface area (Å²) in [6, 6.07) is 13.4. The van der Waals surface area contributed by atoms with Crippen molar-refractivity contribution in [3.05, 3.63) is 69.8 Å². The summed E-state index contributed by atoms with van der Waals surface area (Å²) in [5.74, 6) is 0.973. The molecule has 1 heterocycles. The molecule has 5 heteroatoms. The Hall–Kier alpha value is -2.95. The van der Waals surface area contributed by atoms with Crippen LogP contribution in [0, 0.1) is 19.8 Å². The Kier molecular flexibility index (Phi) is 6.45.